The normalized spacial score (nSPS) is 14.1. The Bertz CT molecular complexity index is 1140. The maximum Gasteiger partial charge on any atom is 0.186 e. The number of ether oxygens (including phenoxy) is 1. The molecule has 0 spiro atoms. The molecule has 0 atom stereocenters. The highest BCUT2D eigenvalue weighted by atomic mass is 16.5. The third kappa shape index (κ3) is 3.46. The van der Waals surface area contributed by atoms with Crippen molar-refractivity contribution in [1.29, 1.82) is 0 Å². The molecule has 0 bridgehead atoms. The minimum Gasteiger partial charge on any atom is -0.508 e. The fourth-order valence-corrected chi connectivity index (χ4v) is 3.01. The minimum absolute atomic E-state index is 0.0116. The van der Waals surface area contributed by atoms with Gasteiger partial charge in [-0.05, 0) is 54.1 Å². The Kier molecular flexibility index (Phi) is 4.33. The van der Waals surface area contributed by atoms with E-state index in [0.29, 0.717) is 33.8 Å². The first-order valence-corrected chi connectivity index (χ1v) is 8.57. The van der Waals surface area contributed by atoms with Gasteiger partial charge < -0.3 is 20.1 Å². The minimum atomic E-state index is -0.279. The first kappa shape index (κ1) is 17.4. The van der Waals surface area contributed by atoms with Crippen LogP contribution in [0.15, 0.2) is 78.9 Å². The van der Waals surface area contributed by atoms with Crippen molar-refractivity contribution in [1.82, 2.24) is 0 Å². The van der Waals surface area contributed by atoms with E-state index >= 15 is 0 Å². The lowest BCUT2D eigenvalue weighted by Gasteiger charge is -2.21. The first-order chi connectivity index (χ1) is 13.5. The average molecular weight is 372 g/mol. The number of phenols is 3. The van der Waals surface area contributed by atoms with E-state index in [1.165, 1.54) is 30.3 Å². The number of rotatable bonds is 3. The lowest BCUT2D eigenvalue weighted by atomic mass is 9.97. The molecule has 5 heteroatoms. The Morgan fingerprint density at radius 3 is 2.29 bits per heavy atom. The summed E-state index contributed by atoms with van der Waals surface area (Å²) in [5, 5.41) is 29.2. The number of hydrogen-bond donors (Lipinski definition) is 3. The highest BCUT2D eigenvalue weighted by Gasteiger charge is 2.20. The van der Waals surface area contributed by atoms with E-state index in [0.717, 1.165) is 0 Å². The van der Waals surface area contributed by atoms with Crippen molar-refractivity contribution >= 4 is 17.1 Å². The van der Waals surface area contributed by atoms with Crippen molar-refractivity contribution < 1.29 is 24.9 Å². The molecule has 0 aromatic heterocycles. The zero-order valence-corrected chi connectivity index (χ0v) is 14.7. The summed E-state index contributed by atoms with van der Waals surface area (Å²) in [6.07, 6.45) is 3.16. The monoisotopic (exact) mass is 372 g/mol. The maximum atomic E-state index is 12.7. The second-order valence-corrected chi connectivity index (χ2v) is 6.36. The van der Waals surface area contributed by atoms with Crippen LogP contribution in [0, 0.1) is 0 Å². The third-order valence-corrected chi connectivity index (χ3v) is 4.33. The predicted molar refractivity (Wildman–Crippen MR) is 105 cm³/mol. The van der Waals surface area contributed by atoms with Crippen LogP contribution in [0.4, 0.5) is 0 Å². The molecule has 3 aromatic rings. The molecule has 5 nitrogen and oxygen atoms in total. The number of benzene rings is 3. The Hall–Kier alpha value is -3.99. The number of allylic oxidation sites excluding steroid dienone is 3. The second-order valence-electron chi connectivity index (χ2n) is 6.36. The van der Waals surface area contributed by atoms with Gasteiger partial charge in [0.15, 0.2) is 5.78 Å². The number of ketones is 1. The van der Waals surface area contributed by atoms with Crippen LogP contribution in [0.5, 0.6) is 23.0 Å². The van der Waals surface area contributed by atoms with Gasteiger partial charge in [0.25, 0.3) is 0 Å². The van der Waals surface area contributed by atoms with Crippen molar-refractivity contribution in [2.45, 2.75) is 0 Å². The molecule has 1 heterocycles. The summed E-state index contributed by atoms with van der Waals surface area (Å²) in [4.78, 5) is 12.7. The lowest BCUT2D eigenvalue weighted by molar-refractivity contribution is 0.104. The van der Waals surface area contributed by atoms with Gasteiger partial charge in [0.1, 0.15) is 28.8 Å². The maximum absolute atomic E-state index is 12.7. The molecule has 28 heavy (non-hydrogen) atoms. The summed E-state index contributed by atoms with van der Waals surface area (Å²) < 4.78 is 5.89. The molecular weight excluding hydrogens is 356 g/mol. The van der Waals surface area contributed by atoms with Crippen LogP contribution in [0.1, 0.15) is 21.5 Å². The number of hydrogen-bond acceptors (Lipinski definition) is 5. The van der Waals surface area contributed by atoms with Crippen LogP contribution in [0.3, 0.4) is 0 Å². The molecule has 1 aliphatic rings. The number of phenolic OH excluding ortho intramolecular Hbond substituents is 3. The molecule has 1 aliphatic heterocycles. The van der Waals surface area contributed by atoms with Gasteiger partial charge in [0.2, 0.25) is 0 Å². The molecule has 0 radical (unpaired) electrons. The van der Waals surface area contributed by atoms with E-state index in [1.54, 1.807) is 48.5 Å². The molecule has 3 N–H and O–H groups in total. The molecule has 0 unspecified atom stereocenters. The van der Waals surface area contributed by atoms with E-state index in [9.17, 15) is 20.1 Å². The largest absolute Gasteiger partial charge is 0.508 e. The summed E-state index contributed by atoms with van der Waals surface area (Å²) >= 11 is 0. The zero-order chi connectivity index (χ0) is 19.7. The zero-order valence-electron chi connectivity index (χ0n) is 14.7. The van der Waals surface area contributed by atoms with Crippen molar-refractivity contribution in [3.63, 3.8) is 0 Å². The fourth-order valence-electron chi connectivity index (χ4n) is 3.01. The Morgan fingerprint density at radius 1 is 0.821 bits per heavy atom. The number of carbonyl (C=O) groups is 1. The molecule has 0 saturated heterocycles. The molecule has 0 amide bonds. The number of fused-ring (bicyclic) bond motifs is 1. The topological polar surface area (TPSA) is 87.0 Å². The number of carbonyl (C=O) groups excluding carboxylic acids is 1. The standard InChI is InChI=1S/C23H16O5/c24-17-5-1-3-14(9-17)21(27)11-16-12-22(15-4-2-6-18(25)10-15)28-23-13-19(26)7-8-20(16)23/h1-13,24-26H. The van der Waals surface area contributed by atoms with Crippen LogP contribution in [-0.4, -0.2) is 21.1 Å². The quantitative estimate of drug-likeness (QED) is 0.465. The van der Waals surface area contributed by atoms with Gasteiger partial charge >= 0.3 is 0 Å². The third-order valence-electron chi connectivity index (χ3n) is 4.33. The van der Waals surface area contributed by atoms with E-state index in [1.807, 2.05) is 0 Å². The summed E-state index contributed by atoms with van der Waals surface area (Å²) in [5.41, 5.74) is 2.22. The van der Waals surface area contributed by atoms with Gasteiger partial charge in [-0.25, -0.2) is 0 Å². The molecule has 0 aliphatic carbocycles. The van der Waals surface area contributed by atoms with Crippen molar-refractivity contribution in [3.05, 3.63) is 95.6 Å². The second kappa shape index (κ2) is 6.96. The smallest absolute Gasteiger partial charge is 0.186 e. The molecule has 4 rings (SSSR count). The van der Waals surface area contributed by atoms with Gasteiger partial charge in [-0.2, -0.15) is 0 Å². The summed E-state index contributed by atoms with van der Waals surface area (Å²) in [6, 6.07) is 17.3. The summed E-state index contributed by atoms with van der Waals surface area (Å²) in [7, 11) is 0. The summed E-state index contributed by atoms with van der Waals surface area (Å²) in [5.74, 6) is 0.690. The molecule has 3 aromatic carbocycles. The van der Waals surface area contributed by atoms with E-state index in [-0.39, 0.29) is 23.0 Å². The predicted octanol–water partition coefficient (Wildman–Crippen LogP) is 4.50. The fraction of sp³-hybridized carbons (Fsp3) is 0. The van der Waals surface area contributed by atoms with Crippen LogP contribution < -0.4 is 4.74 Å². The van der Waals surface area contributed by atoms with E-state index < -0.39 is 0 Å². The molecule has 0 saturated carbocycles. The van der Waals surface area contributed by atoms with E-state index in [2.05, 4.69) is 0 Å². The van der Waals surface area contributed by atoms with Crippen LogP contribution in [0.25, 0.3) is 11.3 Å². The van der Waals surface area contributed by atoms with E-state index in [4.69, 9.17) is 4.74 Å². The van der Waals surface area contributed by atoms with Gasteiger partial charge in [-0.3, -0.25) is 4.79 Å². The van der Waals surface area contributed by atoms with Crippen LogP contribution in [0.2, 0.25) is 0 Å². The van der Waals surface area contributed by atoms with Crippen molar-refractivity contribution in [2.75, 3.05) is 0 Å². The molecular formula is C23H16O5. The van der Waals surface area contributed by atoms with Gasteiger partial charge in [-0.1, -0.05) is 24.3 Å². The van der Waals surface area contributed by atoms with Gasteiger partial charge in [-0.15, -0.1) is 0 Å². The van der Waals surface area contributed by atoms with Crippen molar-refractivity contribution in [3.8, 4) is 23.0 Å². The number of aromatic hydroxyl groups is 3. The van der Waals surface area contributed by atoms with Crippen molar-refractivity contribution in [2.24, 2.45) is 0 Å². The van der Waals surface area contributed by atoms with Gasteiger partial charge in [0, 0.05) is 22.8 Å². The first-order valence-electron chi connectivity index (χ1n) is 8.57. The lowest BCUT2D eigenvalue weighted by Crippen LogP contribution is -2.05. The van der Waals surface area contributed by atoms with Crippen LogP contribution in [-0.2, 0) is 0 Å². The highest BCUT2D eigenvalue weighted by molar-refractivity contribution is 6.11. The summed E-state index contributed by atoms with van der Waals surface area (Å²) in [6.45, 7) is 0. The Labute approximate surface area is 161 Å². The molecule has 138 valence electrons. The highest BCUT2D eigenvalue weighted by Crippen LogP contribution is 2.39. The van der Waals surface area contributed by atoms with Crippen LogP contribution >= 0.6 is 0 Å². The Balaban J connectivity index is 1.82. The van der Waals surface area contributed by atoms with Gasteiger partial charge in [0.05, 0.1) is 0 Å². The SMILES string of the molecule is O=C(C=C1C=C(c2cccc(O)c2)Oc2cc(O)ccc21)c1cccc(O)c1. The Morgan fingerprint density at radius 2 is 1.54 bits per heavy atom. The average Bonchev–Trinajstić information content (AvgIpc) is 2.67. The molecule has 0 fully saturated rings.